The third kappa shape index (κ3) is 4.01. The van der Waals surface area contributed by atoms with Crippen LogP contribution in [-0.4, -0.2) is 38.1 Å². The average molecular weight is 365 g/mol. The highest BCUT2D eigenvalue weighted by atomic mass is 32.2. The number of aryl methyl sites for hydroxylation is 1. The molecular weight excluding hydrogens is 348 g/mol. The molecule has 0 aliphatic carbocycles. The highest BCUT2D eigenvalue weighted by molar-refractivity contribution is 7.99. The molecule has 3 heterocycles. The smallest absolute Gasteiger partial charge is 0.233 e. The summed E-state index contributed by atoms with van der Waals surface area (Å²) in [6.45, 7) is 0.530. The van der Waals surface area contributed by atoms with Crippen molar-refractivity contribution < 1.29 is 4.79 Å². The molecule has 23 heavy (non-hydrogen) atoms. The van der Waals surface area contributed by atoms with Crippen molar-refractivity contribution in [1.82, 2.24) is 19.4 Å². The fourth-order valence-electron chi connectivity index (χ4n) is 1.95. The Hall–Kier alpha value is -1.64. The summed E-state index contributed by atoms with van der Waals surface area (Å²) >= 11 is 4.74. The van der Waals surface area contributed by atoms with Gasteiger partial charge in [-0.1, -0.05) is 17.8 Å². The lowest BCUT2D eigenvalue weighted by molar-refractivity contribution is -0.127. The lowest BCUT2D eigenvalue weighted by Gasteiger charge is -2.15. The molecule has 3 rings (SSSR count). The number of carbonyl (C=O) groups is 1. The zero-order valence-electron chi connectivity index (χ0n) is 12.8. The number of thioether (sulfide) groups is 1. The van der Waals surface area contributed by atoms with Crippen LogP contribution in [0.2, 0.25) is 0 Å². The van der Waals surface area contributed by atoms with Crippen LogP contribution >= 0.6 is 34.4 Å². The van der Waals surface area contributed by atoms with Gasteiger partial charge in [-0.25, -0.2) is 9.97 Å². The van der Waals surface area contributed by atoms with Gasteiger partial charge in [0.15, 0.2) is 5.16 Å². The molecule has 0 atom stereocenters. The Morgan fingerprint density at radius 3 is 3.00 bits per heavy atom. The Balaban J connectivity index is 1.55. The number of rotatable bonds is 6. The minimum absolute atomic E-state index is 0.0728. The number of amides is 1. The zero-order chi connectivity index (χ0) is 16.2. The van der Waals surface area contributed by atoms with Crippen molar-refractivity contribution in [2.24, 2.45) is 7.05 Å². The van der Waals surface area contributed by atoms with Crippen LogP contribution in [0.5, 0.6) is 0 Å². The van der Waals surface area contributed by atoms with Gasteiger partial charge in [-0.05, 0) is 11.4 Å². The molecule has 0 saturated carbocycles. The second kappa shape index (κ2) is 7.29. The minimum atomic E-state index is 0.0728. The van der Waals surface area contributed by atoms with Gasteiger partial charge in [0, 0.05) is 31.9 Å². The third-order valence-corrected chi connectivity index (χ3v) is 6.18. The van der Waals surface area contributed by atoms with Crippen LogP contribution in [0.15, 0.2) is 40.4 Å². The molecule has 0 bridgehead atoms. The van der Waals surface area contributed by atoms with Crippen LogP contribution in [0, 0.1) is 0 Å². The first-order valence-corrected chi connectivity index (χ1v) is 9.70. The molecule has 0 fully saturated rings. The normalized spacial score (nSPS) is 10.9. The first kappa shape index (κ1) is 16.2. The van der Waals surface area contributed by atoms with Crippen molar-refractivity contribution in [3.8, 4) is 9.88 Å². The maximum absolute atomic E-state index is 12.2. The third-order valence-electron chi connectivity index (χ3n) is 3.21. The van der Waals surface area contributed by atoms with Gasteiger partial charge < -0.3 is 9.47 Å². The predicted octanol–water partition coefficient (Wildman–Crippen LogP) is 3.36. The predicted molar refractivity (Wildman–Crippen MR) is 95.8 cm³/mol. The van der Waals surface area contributed by atoms with E-state index in [1.165, 1.54) is 16.6 Å². The van der Waals surface area contributed by atoms with Crippen molar-refractivity contribution in [1.29, 1.82) is 0 Å². The van der Waals surface area contributed by atoms with Crippen molar-refractivity contribution in [2.45, 2.75) is 11.7 Å². The highest BCUT2D eigenvalue weighted by Gasteiger charge is 2.13. The Morgan fingerprint density at radius 2 is 2.30 bits per heavy atom. The van der Waals surface area contributed by atoms with Crippen molar-refractivity contribution in [2.75, 3.05) is 12.8 Å². The lowest BCUT2D eigenvalue weighted by Crippen LogP contribution is -2.28. The number of hydrogen-bond donors (Lipinski definition) is 0. The van der Waals surface area contributed by atoms with Gasteiger partial charge >= 0.3 is 0 Å². The Morgan fingerprint density at radius 1 is 1.43 bits per heavy atom. The van der Waals surface area contributed by atoms with Crippen LogP contribution < -0.4 is 0 Å². The van der Waals surface area contributed by atoms with E-state index in [0.717, 1.165) is 15.9 Å². The van der Waals surface area contributed by atoms with E-state index in [9.17, 15) is 4.79 Å². The van der Waals surface area contributed by atoms with E-state index >= 15 is 0 Å². The summed E-state index contributed by atoms with van der Waals surface area (Å²) in [7, 11) is 3.73. The average Bonchev–Trinajstić information content (AvgIpc) is 3.26. The van der Waals surface area contributed by atoms with Gasteiger partial charge in [0.1, 0.15) is 5.01 Å². The van der Waals surface area contributed by atoms with Crippen LogP contribution in [0.4, 0.5) is 0 Å². The number of thiophene rings is 1. The molecule has 0 aromatic carbocycles. The molecule has 3 aromatic rings. The number of aromatic nitrogens is 3. The van der Waals surface area contributed by atoms with Gasteiger partial charge in [0.05, 0.1) is 22.9 Å². The molecule has 0 radical (unpaired) electrons. The molecule has 8 heteroatoms. The van der Waals surface area contributed by atoms with Gasteiger partial charge in [-0.3, -0.25) is 4.79 Å². The van der Waals surface area contributed by atoms with Crippen LogP contribution in [0.1, 0.15) is 5.69 Å². The second-order valence-corrected chi connectivity index (χ2v) is 7.73. The van der Waals surface area contributed by atoms with Crippen molar-refractivity contribution >= 4 is 40.3 Å². The van der Waals surface area contributed by atoms with E-state index in [0.29, 0.717) is 12.3 Å². The van der Waals surface area contributed by atoms with E-state index in [1.807, 2.05) is 41.7 Å². The molecule has 0 spiro atoms. The van der Waals surface area contributed by atoms with Gasteiger partial charge in [0.25, 0.3) is 0 Å². The fourth-order valence-corrected chi connectivity index (χ4v) is 4.45. The molecule has 3 aromatic heterocycles. The van der Waals surface area contributed by atoms with Crippen molar-refractivity contribution in [3.63, 3.8) is 0 Å². The first-order chi connectivity index (χ1) is 11.1. The molecule has 0 saturated heterocycles. The molecule has 5 nitrogen and oxygen atoms in total. The maximum Gasteiger partial charge on any atom is 0.233 e. The topological polar surface area (TPSA) is 51.0 Å². The SMILES string of the molecule is CN(Cc1csc(-c2cccs2)n1)C(=O)CSc1nccn1C. The fraction of sp³-hybridized carbons (Fsp3) is 0.267. The summed E-state index contributed by atoms with van der Waals surface area (Å²) in [5.74, 6) is 0.451. The summed E-state index contributed by atoms with van der Waals surface area (Å²) in [5, 5.41) is 5.92. The standard InChI is InChI=1S/C15H16N4OS3/c1-18-6-5-16-15(18)23-10-13(20)19(2)8-11-9-22-14(17-11)12-4-3-7-21-12/h3-7,9H,8,10H2,1-2H3. The maximum atomic E-state index is 12.2. The summed E-state index contributed by atoms with van der Waals surface area (Å²) < 4.78 is 1.91. The van der Waals surface area contributed by atoms with Crippen LogP contribution in [0.3, 0.4) is 0 Å². The number of nitrogens with zero attached hydrogens (tertiary/aromatic N) is 4. The van der Waals surface area contributed by atoms with E-state index in [2.05, 4.69) is 16.0 Å². The number of thiazole rings is 1. The summed E-state index contributed by atoms with van der Waals surface area (Å²) in [6, 6.07) is 4.08. The molecular formula is C15H16N4OS3. The Kier molecular flexibility index (Phi) is 5.14. The number of hydrogen-bond acceptors (Lipinski definition) is 6. The van der Waals surface area contributed by atoms with E-state index in [-0.39, 0.29) is 5.91 Å². The van der Waals surface area contributed by atoms with E-state index in [4.69, 9.17) is 0 Å². The quantitative estimate of drug-likeness (QED) is 0.630. The number of carbonyl (C=O) groups excluding carboxylic acids is 1. The van der Waals surface area contributed by atoms with Gasteiger partial charge in [0.2, 0.25) is 5.91 Å². The summed E-state index contributed by atoms with van der Waals surface area (Å²) in [5.41, 5.74) is 0.927. The summed E-state index contributed by atoms with van der Waals surface area (Å²) in [4.78, 5) is 23.9. The molecule has 1 amide bonds. The monoisotopic (exact) mass is 364 g/mol. The van der Waals surface area contributed by atoms with Crippen molar-refractivity contribution in [3.05, 3.63) is 41.0 Å². The van der Waals surface area contributed by atoms with Gasteiger partial charge in [-0.2, -0.15) is 0 Å². The van der Waals surface area contributed by atoms with E-state index < -0.39 is 0 Å². The Labute approximate surface area is 147 Å². The molecule has 0 aliphatic rings. The lowest BCUT2D eigenvalue weighted by atomic mass is 10.4. The highest BCUT2D eigenvalue weighted by Crippen LogP contribution is 2.28. The van der Waals surface area contributed by atoms with Crippen LogP contribution in [0.25, 0.3) is 9.88 Å². The van der Waals surface area contributed by atoms with Gasteiger partial charge in [-0.15, -0.1) is 22.7 Å². The first-order valence-electron chi connectivity index (χ1n) is 6.96. The number of imidazole rings is 1. The van der Waals surface area contributed by atoms with Crippen LogP contribution in [-0.2, 0) is 18.4 Å². The zero-order valence-corrected chi connectivity index (χ0v) is 15.2. The van der Waals surface area contributed by atoms with E-state index in [1.54, 1.807) is 33.8 Å². The molecule has 120 valence electrons. The molecule has 0 aliphatic heterocycles. The molecule has 0 unspecified atom stereocenters. The largest absolute Gasteiger partial charge is 0.339 e. The second-order valence-electron chi connectivity index (χ2n) is 4.98. The minimum Gasteiger partial charge on any atom is -0.339 e. The Bertz CT molecular complexity index is 778. The summed E-state index contributed by atoms with van der Waals surface area (Å²) in [6.07, 6.45) is 3.61. The molecule has 0 N–H and O–H groups in total.